The Kier molecular flexibility index (Phi) is 4.52. The van der Waals surface area contributed by atoms with E-state index in [2.05, 4.69) is 44.6 Å². The number of nitrogens with zero attached hydrogens (tertiary/aromatic N) is 1. The van der Waals surface area contributed by atoms with Crippen LogP contribution in [0.1, 0.15) is 21.7 Å². The van der Waals surface area contributed by atoms with Crippen molar-refractivity contribution in [3.63, 3.8) is 0 Å². The monoisotopic (exact) mass is 316 g/mol. The molecule has 0 aliphatic carbocycles. The van der Waals surface area contributed by atoms with Crippen molar-refractivity contribution in [2.75, 3.05) is 0 Å². The smallest absolute Gasteiger partial charge is 0.0925 e. The fourth-order valence-electron chi connectivity index (χ4n) is 1.34. The Labute approximate surface area is 112 Å². The fourth-order valence-corrected chi connectivity index (χ4v) is 3.64. The maximum Gasteiger partial charge on any atom is 0.0925 e. The van der Waals surface area contributed by atoms with Gasteiger partial charge in [-0.3, -0.25) is 0 Å². The Morgan fingerprint density at radius 3 is 2.94 bits per heavy atom. The highest BCUT2D eigenvalue weighted by Crippen LogP contribution is 2.22. The molecule has 0 aromatic carbocycles. The maximum absolute atomic E-state index is 4.34. The fraction of sp³-hybridized carbons (Fsp3) is 0.364. The van der Waals surface area contributed by atoms with Crippen LogP contribution in [-0.2, 0) is 19.5 Å². The minimum absolute atomic E-state index is 0.905. The second kappa shape index (κ2) is 5.91. The number of hydrogen-bond acceptors (Lipinski definition) is 4. The number of thiophene rings is 1. The van der Waals surface area contributed by atoms with Crippen LogP contribution in [0.4, 0.5) is 0 Å². The molecule has 0 fully saturated rings. The van der Waals surface area contributed by atoms with Gasteiger partial charge in [0.1, 0.15) is 0 Å². The molecule has 2 aromatic rings. The number of aryl methyl sites for hydroxylation is 1. The molecule has 86 valence electrons. The molecule has 0 atom stereocenters. The summed E-state index contributed by atoms with van der Waals surface area (Å²) in [6.07, 6.45) is 3.00. The molecule has 0 aliphatic heterocycles. The van der Waals surface area contributed by atoms with Gasteiger partial charge in [-0.05, 0) is 33.8 Å². The molecule has 5 heteroatoms. The van der Waals surface area contributed by atoms with Crippen molar-refractivity contribution in [3.05, 3.63) is 36.9 Å². The second-order valence-corrected chi connectivity index (χ2v) is 6.42. The van der Waals surface area contributed by atoms with E-state index in [0.717, 1.165) is 19.5 Å². The molecule has 2 rings (SSSR count). The molecule has 0 bridgehead atoms. The SMILES string of the molecule is CCc1ncc(CNCc2sccc2Br)s1. The number of nitrogens with one attached hydrogen (secondary N) is 1. The largest absolute Gasteiger partial charge is 0.307 e. The zero-order chi connectivity index (χ0) is 11.4. The minimum atomic E-state index is 0.905. The number of rotatable bonds is 5. The Bertz CT molecular complexity index is 450. The molecule has 0 radical (unpaired) electrons. The summed E-state index contributed by atoms with van der Waals surface area (Å²) in [6, 6.07) is 2.09. The summed E-state index contributed by atoms with van der Waals surface area (Å²) in [7, 11) is 0. The third-order valence-electron chi connectivity index (χ3n) is 2.18. The quantitative estimate of drug-likeness (QED) is 0.907. The van der Waals surface area contributed by atoms with Crippen LogP contribution in [0, 0.1) is 0 Å². The third kappa shape index (κ3) is 3.13. The van der Waals surface area contributed by atoms with E-state index in [1.54, 1.807) is 22.7 Å². The van der Waals surface area contributed by atoms with Gasteiger partial charge in [-0.15, -0.1) is 22.7 Å². The van der Waals surface area contributed by atoms with Crippen LogP contribution in [0.25, 0.3) is 0 Å². The van der Waals surface area contributed by atoms with Crippen LogP contribution in [0.5, 0.6) is 0 Å². The molecular weight excluding hydrogens is 304 g/mol. The highest BCUT2D eigenvalue weighted by Gasteiger charge is 2.02. The zero-order valence-electron chi connectivity index (χ0n) is 9.00. The van der Waals surface area contributed by atoms with E-state index in [1.165, 1.54) is 19.2 Å². The van der Waals surface area contributed by atoms with Gasteiger partial charge in [-0.1, -0.05) is 6.92 Å². The summed E-state index contributed by atoms with van der Waals surface area (Å²) < 4.78 is 1.20. The van der Waals surface area contributed by atoms with E-state index in [0.29, 0.717) is 0 Å². The molecule has 0 spiro atoms. The predicted octanol–water partition coefficient (Wildman–Crippen LogP) is 3.82. The van der Waals surface area contributed by atoms with Gasteiger partial charge in [-0.25, -0.2) is 4.98 Å². The molecule has 0 aliphatic rings. The van der Waals surface area contributed by atoms with Crippen LogP contribution in [0.3, 0.4) is 0 Å². The van der Waals surface area contributed by atoms with Crippen molar-refractivity contribution >= 4 is 38.6 Å². The van der Waals surface area contributed by atoms with Crippen LogP contribution in [0.15, 0.2) is 22.1 Å². The van der Waals surface area contributed by atoms with Crippen LogP contribution in [-0.4, -0.2) is 4.98 Å². The van der Waals surface area contributed by atoms with Crippen molar-refractivity contribution in [2.45, 2.75) is 26.4 Å². The Balaban J connectivity index is 1.82. The van der Waals surface area contributed by atoms with Gasteiger partial charge in [-0.2, -0.15) is 0 Å². The average molecular weight is 317 g/mol. The van der Waals surface area contributed by atoms with Crippen LogP contribution < -0.4 is 5.32 Å². The first-order valence-corrected chi connectivity index (χ1v) is 7.64. The normalized spacial score (nSPS) is 10.9. The molecular formula is C11H13BrN2S2. The van der Waals surface area contributed by atoms with Crippen molar-refractivity contribution in [2.24, 2.45) is 0 Å². The lowest BCUT2D eigenvalue weighted by Gasteiger charge is -2.00. The molecule has 16 heavy (non-hydrogen) atoms. The Morgan fingerprint density at radius 2 is 2.31 bits per heavy atom. The topological polar surface area (TPSA) is 24.9 Å². The summed E-state index contributed by atoms with van der Waals surface area (Å²) >= 11 is 7.09. The van der Waals surface area contributed by atoms with E-state index in [9.17, 15) is 0 Å². The van der Waals surface area contributed by atoms with Crippen molar-refractivity contribution in [3.8, 4) is 0 Å². The van der Waals surface area contributed by atoms with Crippen LogP contribution in [0.2, 0.25) is 0 Å². The van der Waals surface area contributed by atoms with Gasteiger partial charge in [0, 0.05) is 33.5 Å². The van der Waals surface area contributed by atoms with E-state index < -0.39 is 0 Å². The van der Waals surface area contributed by atoms with Gasteiger partial charge >= 0.3 is 0 Å². The highest BCUT2D eigenvalue weighted by molar-refractivity contribution is 9.10. The van der Waals surface area contributed by atoms with Gasteiger partial charge in [0.2, 0.25) is 0 Å². The van der Waals surface area contributed by atoms with E-state index in [1.807, 2.05) is 6.20 Å². The van der Waals surface area contributed by atoms with Crippen molar-refractivity contribution in [1.82, 2.24) is 10.3 Å². The van der Waals surface area contributed by atoms with Gasteiger partial charge in [0.15, 0.2) is 0 Å². The highest BCUT2D eigenvalue weighted by atomic mass is 79.9. The molecule has 0 unspecified atom stereocenters. The second-order valence-electron chi connectivity index (χ2n) is 3.37. The molecule has 0 saturated heterocycles. The summed E-state index contributed by atoms with van der Waals surface area (Å²) in [5.41, 5.74) is 0. The van der Waals surface area contributed by atoms with E-state index in [4.69, 9.17) is 0 Å². The summed E-state index contributed by atoms with van der Waals surface area (Å²) in [4.78, 5) is 7.00. The molecule has 2 heterocycles. The molecule has 2 aromatic heterocycles. The zero-order valence-corrected chi connectivity index (χ0v) is 12.2. The minimum Gasteiger partial charge on any atom is -0.307 e. The van der Waals surface area contributed by atoms with E-state index >= 15 is 0 Å². The summed E-state index contributed by atoms with van der Waals surface area (Å²) in [5, 5.41) is 6.75. The number of thiazole rings is 1. The maximum atomic E-state index is 4.34. The van der Waals surface area contributed by atoms with Gasteiger partial charge in [0.25, 0.3) is 0 Å². The predicted molar refractivity (Wildman–Crippen MR) is 74.1 cm³/mol. The van der Waals surface area contributed by atoms with Crippen LogP contribution >= 0.6 is 38.6 Å². The number of halogens is 1. The molecule has 2 nitrogen and oxygen atoms in total. The number of hydrogen-bond donors (Lipinski definition) is 1. The lowest BCUT2D eigenvalue weighted by molar-refractivity contribution is 0.706. The first kappa shape index (κ1) is 12.2. The van der Waals surface area contributed by atoms with Gasteiger partial charge in [0.05, 0.1) is 5.01 Å². The Hall–Kier alpha value is -0.230. The number of aromatic nitrogens is 1. The van der Waals surface area contributed by atoms with Crippen molar-refractivity contribution in [1.29, 1.82) is 0 Å². The average Bonchev–Trinajstić information content (AvgIpc) is 2.89. The standard InChI is InChI=1S/C11H13BrN2S2/c1-2-11-14-6-8(16-11)5-13-7-10-9(12)3-4-15-10/h3-4,6,13H,2,5,7H2,1H3. The first-order valence-electron chi connectivity index (χ1n) is 5.15. The van der Waals surface area contributed by atoms with Gasteiger partial charge < -0.3 is 5.32 Å². The van der Waals surface area contributed by atoms with E-state index in [-0.39, 0.29) is 0 Å². The third-order valence-corrected chi connectivity index (χ3v) is 5.25. The lowest BCUT2D eigenvalue weighted by atomic mass is 10.4. The lowest BCUT2D eigenvalue weighted by Crippen LogP contribution is -2.10. The Morgan fingerprint density at radius 1 is 1.44 bits per heavy atom. The molecule has 0 amide bonds. The summed E-state index contributed by atoms with van der Waals surface area (Å²) in [5.74, 6) is 0. The molecule has 0 saturated carbocycles. The first-order chi connectivity index (χ1) is 7.79. The summed E-state index contributed by atoms with van der Waals surface area (Å²) in [6.45, 7) is 3.96. The van der Waals surface area contributed by atoms with Crippen molar-refractivity contribution < 1.29 is 0 Å². The molecule has 1 N–H and O–H groups in total.